The number of nitrogens with zero attached hydrogens (tertiary/aromatic N) is 1. The molecule has 3 heteroatoms. The highest BCUT2D eigenvalue weighted by Gasteiger charge is 2.34. The molecule has 2 heterocycles. The van der Waals surface area contributed by atoms with E-state index in [0.29, 0.717) is 5.41 Å². The summed E-state index contributed by atoms with van der Waals surface area (Å²) in [4.78, 5) is 2.60. The lowest BCUT2D eigenvalue weighted by Gasteiger charge is -2.39. The van der Waals surface area contributed by atoms with Crippen molar-refractivity contribution in [1.82, 2.24) is 4.90 Å². The molecular formula is C12H24N2O. The van der Waals surface area contributed by atoms with Crippen LogP contribution in [0.15, 0.2) is 0 Å². The predicted octanol–water partition coefficient (Wildman–Crippen LogP) is 1.08. The number of nitrogens with two attached hydrogens (primary N) is 1. The van der Waals surface area contributed by atoms with Gasteiger partial charge in [0.25, 0.3) is 0 Å². The smallest absolute Gasteiger partial charge is 0.0472 e. The third-order valence-corrected chi connectivity index (χ3v) is 4.05. The van der Waals surface area contributed by atoms with E-state index in [9.17, 15) is 0 Å². The summed E-state index contributed by atoms with van der Waals surface area (Å²) in [7, 11) is 0. The quantitative estimate of drug-likeness (QED) is 0.761. The number of rotatable bonds is 3. The number of ether oxygens (including phenoxy) is 1. The van der Waals surface area contributed by atoms with Gasteiger partial charge in [-0.25, -0.2) is 0 Å². The van der Waals surface area contributed by atoms with Crippen molar-refractivity contribution in [1.29, 1.82) is 0 Å². The van der Waals surface area contributed by atoms with Crippen molar-refractivity contribution >= 4 is 0 Å². The zero-order valence-corrected chi connectivity index (χ0v) is 9.87. The third kappa shape index (κ3) is 2.71. The summed E-state index contributed by atoms with van der Waals surface area (Å²) in [5.74, 6) is 0.875. The first-order valence-corrected chi connectivity index (χ1v) is 6.24. The van der Waals surface area contributed by atoms with Gasteiger partial charge in [0.2, 0.25) is 0 Å². The van der Waals surface area contributed by atoms with Crippen molar-refractivity contribution in [2.45, 2.75) is 26.2 Å². The van der Waals surface area contributed by atoms with Crippen LogP contribution in [-0.4, -0.2) is 44.3 Å². The maximum absolute atomic E-state index is 5.97. The normalized spacial score (nSPS) is 32.0. The molecule has 0 spiro atoms. The van der Waals surface area contributed by atoms with Crippen molar-refractivity contribution in [3.8, 4) is 0 Å². The molecule has 88 valence electrons. The Balaban J connectivity index is 1.89. The molecule has 2 N–H and O–H groups in total. The Labute approximate surface area is 93.0 Å². The molecule has 0 bridgehead atoms. The molecule has 2 aliphatic heterocycles. The lowest BCUT2D eigenvalue weighted by Crippen LogP contribution is -2.45. The van der Waals surface area contributed by atoms with E-state index in [1.54, 1.807) is 0 Å². The van der Waals surface area contributed by atoms with Crippen LogP contribution in [0.5, 0.6) is 0 Å². The number of hydrogen-bond donors (Lipinski definition) is 1. The molecule has 0 saturated carbocycles. The maximum Gasteiger partial charge on any atom is 0.0472 e. The third-order valence-electron chi connectivity index (χ3n) is 4.05. The van der Waals surface area contributed by atoms with Gasteiger partial charge < -0.3 is 15.4 Å². The molecule has 0 radical (unpaired) electrons. The second-order valence-electron chi connectivity index (χ2n) is 5.45. The largest absolute Gasteiger partial charge is 0.381 e. The molecule has 2 rings (SSSR count). The van der Waals surface area contributed by atoms with Crippen molar-refractivity contribution < 1.29 is 4.74 Å². The lowest BCUT2D eigenvalue weighted by atomic mass is 9.80. The molecule has 0 aromatic heterocycles. The Morgan fingerprint density at radius 3 is 2.67 bits per heavy atom. The molecule has 3 nitrogen and oxygen atoms in total. The van der Waals surface area contributed by atoms with Crippen LogP contribution in [0.2, 0.25) is 0 Å². The number of hydrogen-bond acceptors (Lipinski definition) is 3. The highest BCUT2D eigenvalue weighted by molar-refractivity contribution is 4.88. The Bertz CT molecular complexity index is 202. The fraction of sp³-hybridized carbons (Fsp3) is 1.00. The van der Waals surface area contributed by atoms with Crippen molar-refractivity contribution in [2.24, 2.45) is 17.1 Å². The van der Waals surface area contributed by atoms with Crippen molar-refractivity contribution in [2.75, 3.05) is 39.4 Å². The van der Waals surface area contributed by atoms with Crippen LogP contribution in [0.3, 0.4) is 0 Å². The second-order valence-corrected chi connectivity index (χ2v) is 5.45. The standard InChI is InChI=1S/C12H24N2O/c1-11-2-5-14(8-11)10-12(9-13)3-6-15-7-4-12/h11H,2-10,13H2,1H3. The van der Waals surface area contributed by atoms with Crippen LogP contribution in [0.25, 0.3) is 0 Å². The van der Waals surface area contributed by atoms with Crippen LogP contribution < -0.4 is 5.73 Å². The molecule has 0 aliphatic carbocycles. The molecule has 1 atom stereocenters. The van der Waals surface area contributed by atoms with E-state index in [-0.39, 0.29) is 0 Å². The minimum Gasteiger partial charge on any atom is -0.381 e. The lowest BCUT2D eigenvalue weighted by molar-refractivity contribution is 0.00296. The fourth-order valence-corrected chi connectivity index (χ4v) is 2.88. The van der Waals surface area contributed by atoms with Crippen LogP contribution in [0.1, 0.15) is 26.2 Å². The van der Waals surface area contributed by atoms with E-state index in [0.717, 1.165) is 38.5 Å². The van der Waals surface area contributed by atoms with Gasteiger partial charge in [-0.3, -0.25) is 0 Å². The summed E-state index contributed by atoms with van der Waals surface area (Å²) in [6.45, 7) is 8.70. The zero-order valence-electron chi connectivity index (χ0n) is 9.87. The summed E-state index contributed by atoms with van der Waals surface area (Å²) in [6.07, 6.45) is 3.65. The highest BCUT2D eigenvalue weighted by Crippen LogP contribution is 2.32. The first kappa shape index (κ1) is 11.4. The summed E-state index contributed by atoms with van der Waals surface area (Å²) >= 11 is 0. The van der Waals surface area contributed by atoms with Gasteiger partial charge in [-0.2, -0.15) is 0 Å². The molecule has 0 aromatic rings. The summed E-state index contributed by atoms with van der Waals surface area (Å²) in [6, 6.07) is 0. The second kappa shape index (κ2) is 4.81. The van der Waals surface area contributed by atoms with Crippen molar-refractivity contribution in [3.05, 3.63) is 0 Å². The van der Waals surface area contributed by atoms with Crippen LogP contribution >= 0.6 is 0 Å². The van der Waals surface area contributed by atoms with Crippen LogP contribution in [-0.2, 0) is 4.74 Å². The Kier molecular flexibility index (Phi) is 3.65. The Hall–Kier alpha value is -0.120. The summed E-state index contributed by atoms with van der Waals surface area (Å²) in [5.41, 5.74) is 6.32. The summed E-state index contributed by atoms with van der Waals surface area (Å²) in [5, 5.41) is 0. The number of likely N-dealkylation sites (tertiary alicyclic amines) is 1. The molecule has 0 amide bonds. The molecule has 0 aromatic carbocycles. The minimum atomic E-state index is 0.350. The van der Waals surface area contributed by atoms with E-state index >= 15 is 0 Å². The van der Waals surface area contributed by atoms with E-state index in [1.165, 1.54) is 26.1 Å². The monoisotopic (exact) mass is 212 g/mol. The predicted molar refractivity (Wildman–Crippen MR) is 61.8 cm³/mol. The first-order valence-electron chi connectivity index (χ1n) is 6.24. The van der Waals surface area contributed by atoms with E-state index in [2.05, 4.69) is 11.8 Å². The van der Waals surface area contributed by atoms with Crippen molar-refractivity contribution in [3.63, 3.8) is 0 Å². The van der Waals surface area contributed by atoms with E-state index < -0.39 is 0 Å². The van der Waals surface area contributed by atoms with Gasteiger partial charge in [0.1, 0.15) is 0 Å². The average molecular weight is 212 g/mol. The van der Waals surface area contributed by atoms with Gasteiger partial charge in [-0.1, -0.05) is 6.92 Å². The van der Waals surface area contributed by atoms with E-state index in [1.807, 2.05) is 0 Å². The molecule has 2 fully saturated rings. The molecular weight excluding hydrogens is 188 g/mol. The van der Waals surface area contributed by atoms with Gasteiger partial charge >= 0.3 is 0 Å². The van der Waals surface area contributed by atoms with Crippen LogP contribution in [0, 0.1) is 11.3 Å². The molecule has 15 heavy (non-hydrogen) atoms. The Morgan fingerprint density at radius 2 is 2.13 bits per heavy atom. The van der Waals surface area contributed by atoms with Gasteiger partial charge in [-0.15, -0.1) is 0 Å². The highest BCUT2D eigenvalue weighted by atomic mass is 16.5. The molecule has 1 unspecified atom stereocenters. The topological polar surface area (TPSA) is 38.5 Å². The minimum absolute atomic E-state index is 0.350. The van der Waals surface area contributed by atoms with Gasteiger partial charge in [0.15, 0.2) is 0 Å². The van der Waals surface area contributed by atoms with Gasteiger partial charge in [-0.05, 0) is 43.7 Å². The average Bonchev–Trinajstić information content (AvgIpc) is 2.65. The fourth-order valence-electron chi connectivity index (χ4n) is 2.88. The molecule has 2 aliphatic rings. The zero-order chi connectivity index (χ0) is 10.7. The molecule has 2 saturated heterocycles. The van der Waals surface area contributed by atoms with Gasteiger partial charge in [0.05, 0.1) is 0 Å². The van der Waals surface area contributed by atoms with Crippen LogP contribution in [0.4, 0.5) is 0 Å². The SMILES string of the molecule is CC1CCN(CC2(CN)CCOCC2)C1. The maximum atomic E-state index is 5.97. The van der Waals surface area contributed by atoms with E-state index in [4.69, 9.17) is 10.5 Å². The summed E-state index contributed by atoms with van der Waals surface area (Å²) < 4.78 is 5.44. The van der Waals surface area contributed by atoms with Gasteiger partial charge in [0, 0.05) is 26.3 Å². The Morgan fingerprint density at radius 1 is 1.40 bits per heavy atom. The first-order chi connectivity index (χ1) is 7.24.